The molecule has 0 bridgehead atoms. The Balaban J connectivity index is 1.30. The van der Waals surface area contributed by atoms with Gasteiger partial charge in [-0.05, 0) is 31.0 Å². The number of ether oxygens (including phenoxy) is 1. The van der Waals surface area contributed by atoms with Crippen LogP contribution in [-0.4, -0.2) is 41.0 Å². The second-order valence-corrected chi connectivity index (χ2v) is 8.13. The van der Waals surface area contributed by atoms with Crippen LogP contribution < -0.4 is 4.74 Å². The lowest BCUT2D eigenvalue weighted by atomic mass is 9.97. The molecule has 2 aromatic heterocycles. The summed E-state index contributed by atoms with van der Waals surface area (Å²) in [6.07, 6.45) is 4.10. The molecule has 164 valence electrons. The number of para-hydroxylation sites is 2. The lowest BCUT2D eigenvalue weighted by Gasteiger charge is -2.31. The minimum absolute atomic E-state index is 0.0280. The molecule has 4 aromatic rings. The lowest BCUT2D eigenvalue weighted by Crippen LogP contribution is -2.39. The van der Waals surface area contributed by atoms with Crippen LogP contribution in [0.5, 0.6) is 5.75 Å². The Morgan fingerprint density at radius 3 is 3.00 bits per heavy atom. The average Bonchev–Trinajstić information content (AvgIpc) is 3.47. The molecule has 3 heterocycles. The Labute approximate surface area is 185 Å². The summed E-state index contributed by atoms with van der Waals surface area (Å²) >= 11 is 0. The molecule has 1 aliphatic rings. The van der Waals surface area contributed by atoms with E-state index < -0.39 is 0 Å². The van der Waals surface area contributed by atoms with E-state index in [2.05, 4.69) is 9.97 Å². The molecule has 5 rings (SSSR count). The number of aromatic nitrogens is 2. The topological polar surface area (TPSA) is 71.4 Å². The molecule has 1 atom stereocenters. The molecule has 0 spiro atoms. The van der Waals surface area contributed by atoms with Crippen LogP contribution in [-0.2, 0) is 6.42 Å². The zero-order valence-electron chi connectivity index (χ0n) is 17.8. The molecular formula is C25H24FN3O3. The summed E-state index contributed by atoms with van der Waals surface area (Å²) in [7, 11) is 1.65. The van der Waals surface area contributed by atoms with Gasteiger partial charge in [0.05, 0.1) is 24.7 Å². The van der Waals surface area contributed by atoms with Crippen molar-refractivity contribution in [3.63, 3.8) is 0 Å². The number of likely N-dealkylation sites (tertiary alicyclic amines) is 1. The number of rotatable bonds is 5. The first kappa shape index (κ1) is 20.3. The predicted molar refractivity (Wildman–Crippen MR) is 118 cm³/mol. The van der Waals surface area contributed by atoms with Gasteiger partial charge >= 0.3 is 0 Å². The molecule has 1 saturated heterocycles. The van der Waals surface area contributed by atoms with E-state index in [1.807, 2.05) is 24.3 Å². The summed E-state index contributed by atoms with van der Waals surface area (Å²) in [4.78, 5) is 22.3. The Morgan fingerprint density at radius 2 is 2.16 bits per heavy atom. The molecule has 7 heteroatoms. The van der Waals surface area contributed by atoms with Crippen LogP contribution in [0.4, 0.5) is 4.39 Å². The molecule has 1 N–H and O–H groups in total. The fourth-order valence-corrected chi connectivity index (χ4v) is 4.40. The molecule has 1 fully saturated rings. The number of fused-ring (bicyclic) bond motifs is 1. The Bertz CT molecular complexity index is 1260. The maximum atomic E-state index is 14.0. The molecule has 0 radical (unpaired) electrons. The van der Waals surface area contributed by atoms with Gasteiger partial charge in [-0.3, -0.25) is 4.79 Å². The number of carbonyl (C=O) groups excluding carboxylic acids is 1. The number of aromatic amines is 1. The van der Waals surface area contributed by atoms with Crippen molar-refractivity contribution in [3.05, 3.63) is 83.5 Å². The van der Waals surface area contributed by atoms with E-state index in [1.54, 1.807) is 36.4 Å². The fourth-order valence-electron chi connectivity index (χ4n) is 4.40. The third-order valence-corrected chi connectivity index (χ3v) is 6.02. The van der Waals surface area contributed by atoms with Gasteiger partial charge in [0.15, 0.2) is 5.89 Å². The summed E-state index contributed by atoms with van der Waals surface area (Å²) in [5.41, 5.74) is 1.79. The normalized spacial score (nSPS) is 16.4. The van der Waals surface area contributed by atoms with Gasteiger partial charge in [-0.2, -0.15) is 0 Å². The molecule has 6 nitrogen and oxygen atoms in total. The SMILES string of the molecule is COc1ccccc1Cc1cnc(C2CCCN(C(=O)c3cc4cccc(F)c4[nH]3)C2)o1. The molecule has 1 amide bonds. The number of nitrogens with one attached hydrogen (secondary N) is 1. The van der Waals surface area contributed by atoms with Crippen molar-refractivity contribution in [2.75, 3.05) is 20.2 Å². The van der Waals surface area contributed by atoms with E-state index in [9.17, 15) is 9.18 Å². The second kappa shape index (κ2) is 8.49. The smallest absolute Gasteiger partial charge is 0.270 e. The number of halogens is 1. The van der Waals surface area contributed by atoms with Crippen molar-refractivity contribution < 1.29 is 18.3 Å². The largest absolute Gasteiger partial charge is 0.496 e. The van der Waals surface area contributed by atoms with Crippen LogP contribution in [0.1, 0.15) is 46.5 Å². The zero-order chi connectivity index (χ0) is 22.1. The van der Waals surface area contributed by atoms with Gasteiger partial charge in [-0.15, -0.1) is 0 Å². The van der Waals surface area contributed by atoms with Crippen LogP contribution in [0.25, 0.3) is 10.9 Å². The highest BCUT2D eigenvalue weighted by molar-refractivity contribution is 5.98. The minimum Gasteiger partial charge on any atom is -0.496 e. The van der Waals surface area contributed by atoms with E-state index in [0.717, 1.165) is 29.9 Å². The number of oxazole rings is 1. The highest BCUT2D eigenvalue weighted by Crippen LogP contribution is 2.29. The summed E-state index contributed by atoms with van der Waals surface area (Å²) in [6, 6.07) is 14.4. The number of carbonyl (C=O) groups is 1. The number of nitrogens with zero attached hydrogens (tertiary/aromatic N) is 2. The van der Waals surface area contributed by atoms with Crippen molar-refractivity contribution >= 4 is 16.8 Å². The predicted octanol–water partition coefficient (Wildman–Crippen LogP) is 4.91. The number of H-pyrrole nitrogens is 1. The number of methoxy groups -OCH3 is 1. The molecule has 2 aromatic carbocycles. The lowest BCUT2D eigenvalue weighted by molar-refractivity contribution is 0.0693. The molecular weight excluding hydrogens is 409 g/mol. The number of hydrogen-bond acceptors (Lipinski definition) is 4. The van der Waals surface area contributed by atoms with Crippen LogP contribution in [0.3, 0.4) is 0 Å². The maximum Gasteiger partial charge on any atom is 0.270 e. The van der Waals surface area contributed by atoms with Crippen molar-refractivity contribution in [3.8, 4) is 5.75 Å². The van der Waals surface area contributed by atoms with Crippen molar-refractivity contribution in [2.45, 2.75) is 25.2 Å². The van der Waals surface area contributed by atoms with Crippen LogP contribution in [0.2, 0.25) is 0 Å². The zero-order valence-corrected chi connectivity index (χ0v) is 17.8. The van der Waals surface area contributed by atoms with Gasteiger partial charge in [0.2, 0.25) is 0 Å². The fraction of sp³-hybridized carbons (Fsp3) is 0.280. The third kappa shape index (κ3) is 3.86. The minimum atomic E-state index is -0.361. The molecule has 1 unspecified atom stereocenters. The van der Waals surface area contributed by atoms with Crippen molar-refractivity contribution in [1.82, 2.24) is 14.9 Å². The quantitative estimate of drug-likeness (QED) is 0.485. The number of hydrogen-bond donors (Lipinski definition) is 1. The van der Waals surface area contributed by atoms with Crippen LogP contribution in [0.15, 0.2) is 59.1 Å². The first-order valence-corrected chi connectivity index (χ1v) is 10.8. The Kier molecular flexibility index (Phi) is 5.39. The van der Waals surface area contributed by atoms with Crippen LogP contribution in [0, 0.1) is 5.82 Å². The van der Waals surface area contributed by atoms with Crippen molar-refractivity contribution in [2.24, 2.45) is 0 Å². The van der Waals surface area contributed by atoms with Gasteiger partial charge in [0.1, 0.15) is 23.0 Å². The van der Waals surface area contributed by atoms with Gasteiger partial charge in [-0.25, -0.2) is 9.37 Å². The highest BCUT2D eigenvalue weighted by Gasteiger charge is 2.29. The Morgan fingerprint density at radius 1 is 1.28 bits per heavy atom. The molecule has 1 aliphatic heterocycles. The van der Waals surface area contributed by atoms with Gasteiger partial charge in [-0.1, -0.05) is 30.3 Å². The maximum absolute atomic E-state index is 14.0. The second-order valence-electron chi connectivity index (χ2n) is 8.13. The van der Waals surface area contributed by atoms with Gasteiger partial charge in [0.25, 0.3) is 5.91 Å². The standard InChI is InChI=1S/C25H24FN3O3/c1-31-22-10-3-2-6-16(22)12-19-14-27-24(32-19)18-8-5-11-29(15-18)25(30)21-13-17-7-4-9-20(26)23(17)28-21/h2-4,6-7,9-10,13-14,18,28H,5,8,11-12,15H2,1H3. The summed E-state index contributed by atoms with van der Waals surface area (Å²) in [5.74, 6) is 1.76. The van der Waals surface area contributed by atoms with E-state index in [-0.39, 0.29) is 17.6 Å². The van der Waals surface area contributed by atoms with Gasteiger partial charge < -0.3 is 19.0 Å². The van der Waals surface area contributed by atoms with E-state index in [4.69, 9.17) is 9.15 Å². The Hall–Kier alpha value is -3.61. The summed E-state index contributed by atoms with van der Waals surface area (Å²) in [5, 5.41) is 0.690. The monoisotopic (exact) mass is 433 g/mol. The number of benzene rings is 2. The van der Waals surface area contributed by atoms with E-state index in [0.29, 0.717) is 42.0 Å². The number of piperidine rings is 1. The van der Waals surface area contributed by atoms with Gasteiger partial charge in [0, 0.05) is 30.5 Å². The first-order chi connectivity index (χ1) is 15.6. The van der Waals surface area contributed by atoms with E-state index in [1.165, 1.54) is 6.07 Å². The first-order valence-electron chi connectivity index (χ1n) is 10.8. The summed E-state index contributed by atoms with van der Waals surface area (Å²) < 4.78 is 25.5. The third-order valence-electron chi connectivity index (χ3n) is 6.02. The van der Waals surface area contributed by atoms with Crippen LogP contribution >= 0.6 is 0 Å². The highest BCUT2D eigenvalue weighted by atomic mass is 19.1. The van der Waals surface area contributed by atoms with E-state index >= 15 is 0 Å². The molecule has 0 aliphatic carbocycles. The van der Waals surface area contributed by atoms with Crippen molar-refractivity contribution in [1.29, 1.82) is 0 Å². The molecule has 32 heavy (non-hydrogen) atoms. The molecule has 0 saturated carbocycles. The summed E-state index contributed by atoms with van der Waals surface area (Å²) in [6.45, 7) is 1.17. The average molecular weight is 433 g/mol. The number of amides is 1.